The number of hydrogen-bond acceptors (Lipinski definition) is 12. The zero-order valence-electron chi connectivity index (χ0n) is 26.8. The minimum atomic E-state index is -0.110. The molecule has 0 aliphatic heterocycles. The van der Waals surface area contributed by atoms with Gasteiger partial charge in [-0.05, 0) is 48.5 Å². The molecule has 2 rings (SSSR count). The summed E-state index contributed by atoms with van der Waals surface area (Å²) >= 11 is 0. The number of hydrogen-bond donors (Lipinski definition) is 1. The van der Waals surface area contributed by atoms with Crippen LogP contribution in [0.15, 0.2) is 48.5 Å². The molecule has 0 radical (unpaired) electrons. The summed E-state index contributed by atoms with van der Waals surface area (Å²) in [6, 6.07) is 14.1. The average molecular weight is 652 g/mol. The molecular weight excluding hydrogens is 602 g/mol. The predicted molar refractivity (Wildman–Crippen MR) is 170 cm³/mol. The molecule has 0 heterocycles. The first-order chi connectivity index (χ1) is 22.7. The predicted octanol–water partition coefficient (Wildman–Crippen LogP) is 3.05. The summed E-state index contributed by atoms with van der Waals surface area (Å²) < 4.78 is 54.9. The standard InChI is InChI=1S/C33H49NO12/c1-29(36)34-31-4-8-33(9-5-31)46-27-25-44-23-21-42-19-17-40-15-13-38-11-10-37-12-14-39-16-18-41-20-22-43-24-26-45-32-6-2-30(28-35)3-7-32/h2-9,28H,10-27H2,1H3,(H,34,36). The Hall–Kier alpha value is -3.14. The summed E-state index contributed by atoms with van der Waals surface area (Å²) in [6.45, 7) is 10.0. The molecule has 258 valence electrons. The molecule has 1 N–H and O–H groups in total. The lowest BCUT2D eigenvalue weighted by atomic mass is 10.2. The minimum Gasteiger partial charge on any atom is -0.491 e. The maximum absolute atomic E-state index is 11.0. The molecule has 0 fully saturated rings. The third-order valence-corrected chi connectivity index (χ3v) is 5.79. The van der Waals surface area contributed by atoms with Crippen molar-refractivity contribution in [1.82, 2.24) is 0 Å². The van der Waals surface area contributed by atoms with E-state index in [-0.39, 0.29) is 5.91 Å². The van der Waals surface area contributed by atoms with Crippen LogP contribution >= 0.6 is 0 Å². The van der Waals surface area contributed by atoms with Crippen LogP contribution in [0, 0.1) is 0 Å². The van der Waals surface area contributed by atoms with Crippen molar-refractivity contribution in [3.05, 3.63) is 54.1 Å². The fourth-order valence-corrected chi connectivity index (χ4v) is 3.56. The number of carbonyl (C=O) groups is 2. The maximum atomic E-state index is 11.0. The van der Waals surface area contributed by atoms with E-state index in [1.54, 1.807) is 48.5 Å². The molecular formula is C33H49NO12. The van der Waals surface area contributed by atoms with Crippen LogP contribution in [-0.2, 0) is 42.7 Å². The summed E-state index contributed by atoms with van der Waals surface area (Å²) in [5.74, 6) is 1.30. The second-order valence-corrected chi connectivity index (χ2v) is 9.49. The number of amides is 1. The summed E-state index contributed by atoms with van der Waals surface area (Å²) in [6.07, 6.45) is 0.796. The second kappa shape index (κ2) is 28.1. The van der Waals surface area contributed by atoms with Crippen molar-refractivity contribution in [2.45, 2.75) is 6.92 Å². The number of anilines is 1. The summed E-state index contributed by atoms with van der Waals surface area (Å²) in [4.78, 5) is 21.7. The fraction of sp³-hybridized carbons (Fsp3) is 0.576. The van der Waals surface area contributed by atoms with Crippen LogP contribution in [0.5, 0.6) is 11.5 Å². The van der Waals surface area contributed by atoms with Crippen molar-refractivity contribution in [3.8, 4) is 11.5 Å². The summed E-state index contributed by atoms with van der Waals surface area (Å²) in [5.41, 5.74) is 1.34. The highest BCUT2D eigenvalue weighted by Gasteiger charge is 1.99. The molecule has 0 atom stereocenters. The first-order valence-corrected chi connectivity index (χ1v) is 15.5. The molecule has 1 amide bonds. The zero-order valence-corrected chi connectivity index (χ0v) is 26.8. The molecule has 0 bridgehead atoms. The van der Waals surface area contributed by atoms with Crippen molar-refractivity contribution >= 4 is 17.9 Å². The van der Waals surface area contributed by atoms with Crippen molar-refractivity contribution in [2.24, 2.45) is 0 Å². The fourth-order valence-electron chi connectivity index (χ4n) is 3.56. The van der Waals surface area contributed by atoms with Gasteiger partial charge in [-0.3, -0.25) is 9.59 Å². The maximum Gasteiger partial charge on any atom is 0.221 e. The van der Waals surface area contributed by atoms with Crippen molar-refractivity contribution in [2.75, 3.05) is 124 Å². The van der Waals surface area contributed by atoms with Gasteiger partial charge in [0.25, 0.3) is 0 Å². The molecule has 13 heteroatoms. The quantitative estimate of drug-likeness (QED) is 0.0947. The average Bonchev–Trinajstić information content (AvgIpc) is 3.06. The SMILES string of the molecule is CC(=O)Nc1ccc(OCCOCCOCCOCCOCCOCCOCCOCCOCCOc2ccc(C=O)cc2)cc1. The number of benzene rings is 2. The van der Waals surface area contributed by atoms with Gasteiger partial charge in [0.2, 0.25) is 5.91 Å². The molecule has 0 unspecified atom stereocenters. The van der Waals surface area contributed by atoms with Gasteiger partial charge in [-0.25, -0.2) is 0 Å². The van der Waals surface area contributed by atoms with Crippen molar-refractivity contribution < 1.29 is 57.0 Å². The normalized spacial score (nSPS) is 11.0. The van der Waals surface area contributed by atoms with E-state index >= 15 is 0 Å². The number of carbonyl (C=O) groups excluding carboxylic acids is 2. The first-order valence-electron chi connectivity index (χ1n) is 15.5. The summed E-state index contributed by atoms with van der Waals surface area (Å²) in [7, 11) is 0. The van der Waals surface area contributed by atoms with Gasteiger partial charge in [-0.1, -0.05) is 0 Å². The highest BCUT2D eigenvalue weighted by molar-refractivity contribution is 5.88. The Morgan fingerprint density at radius 3 is 1.04 bits per heavy atom. The van der Waals surface area contributed by atoms with Crippen molar-refractivity contribution in [3.63, 3.8) is 0 Å². The van der Waals surface area contributed by atoms with Crippen molar-refractivity contribution in [1.29, 1.82) is 0 Å². The molecule has 2 aromatic rings. The highest BCUT2D eigenvalue weighted by Crippen LogP contribution is 2.15. The van der Waals surface area contributed by atoms with Crippen LogP contribution in [0.25, 0.3) is 0 Å². The van der Waals surface area contributed by atoms with E-state index < -0.39 is 0 Å². The molecule has 0 saturated heterocycles. The molecule has 2 aromatic carbocycles. The van der Waals surface area contributed by atoms with Gasteiger partial charge in [-0.2, -0.15) is 0 Å². The topological polar surface area (TPSA) is 138 Å². The van der Waals surface area contributed by atoms with Crippen LogP contribution < -0.4 is 14.8 Å². The third-order valence-electron chi connectivity index (χ3n) is 5.79. The van der Waals surface area contributed by atoms with Gasteiger partial charge in [0.05, 0.1) is 106 Å². The highest BCUT2D eigenvalue weighted by atomic mass is 16.6. The van der Waals surface area contributed by atoms with E-state index in [0.29, 0.717) is 136 Å². The smallest absolute Gasteiger partial charge is 0.221 e. The van der Waals surface area contributed by atoms with E-state index in [0.717, 1.165) is 12.0 Å². The van der Waals surface area contributed by atoms with Gasteiger partial charge >= 0.3 is 0 Å². The second-order valence-electron chi connectivity index (χ2n) is 9.49. The Kier molecular flexibility index (Phi) is 23.9. The first kappa shape index (κ1) is 39.0. The van der Waals surface area contributed by atoms with E-state index in [4.69, 9.17) is 47.4 Å². The van der Waals surface area contributed by atoms with Gasteiger partial charge in [0.15, 0.2) is 0 Å². The Morgan fingerprint density at radius 1 is 0.478 bits per heavy atom. The Morgan fingerprint density at radius 2 is 0.761 bits per heavy atom. The van der Waals surface area contributed by atoms with Gasteiger partial charge in [-0.15, -0.1) is 0 Å². The molecule has 0 saturated carbocycles. The number of ether oxygens (including phenoxy) is 10. The number of rotatable bonds is 31. The largest absolute Gasteiger partial charge is 0.491 e. The Labute approximate surface area is 271 Å². The van der Waals surface area contributed by atoms with Gasteiger partial charge in [0, 0.05) is 18.2 Å². The molecule has 13 nitrogen and oxygen atoms in total. The van der Waals surface area contributed by atoms with Crippen LogP contribution in [0.3, 0.4) is 0 Å². The van der Waals surface area contributed by atoms with Gasteiger partial charge in [0.1, 0.15) is 31.0 Å². The Balaban J connectivity index is 1.19. The van der Waals surface area contributed by atoms with E-state index in [1.807, 2.05) is 0 Å². The monoisotopic (exact) mass is 651 g/mol. The zero-order chi connectivity index (χ0) is 32.8. The molecule has 0 spiro atoms. The lowest BCUT2D eigenvalue weighted by Gasteiger charge is -2.09. The van der Waals surface area contributed by atoms with E-state index in [2.05, 4.69) is 5.32 Å². The van der Waals surface area contributed by atoms with E-state index in [1.165, 1.54) is 6.92 Å². The lowest BCUT2D eigenvalue weighted by molar-refractivity contribution is -0.114. The molecule has 0 aliphatic rings. The van der Waals surface area contributed by atoms with E-state index in [9.17, 15) is 9.59 Å². The lowest BCUT2D eigenvalue weighted by Crippen LogP contribution is -2.15. The van der Waals surface area contributed by atoms with Crippen LogP contribution in [0.1, 0.15) is 17.3 Å². The van der Waals surface area contributed by atoms with Gasteiger partial charge < -0.3 is 52.7 Å². The van der Waals surface area contributed by atoms with Crippen LogP contribution in [-0.4, -0.2) is 131 Å². The third kappa shape index (κ3) is 22.4. The molecule has 0 aromatic heterocycles. The number of aldehydes is 1. The Bertz CT molecular complexity index is 1010. The van der Waals surface area contributed by atoms with Crippen LogP contribution in [0.2, 0.25) is 0 Å². The minimum absolute atomic E-state index is 0.110. The summed E-state index contributed by atoms with van der Waals surface area (Å²) in [5, 5.41) is 2.71. The molecule has 46 heavy (non-hydrogen) atoms. The van der Waals surface area contributed by atoms with Crippen LogP contribution in [0.4, 0.5) is 5.69 Å². The number of nitrogens with one attached hydrogen (secondary N) is 1. The molecule has 0 aliphatic carbocycles.